The summed E-state index contributed by atoms with van der Waals surface area (Å²) in [6, 6.07) is 8.37. The molecule has 8 heteroatoms. The van der Waals surface area contributed by atoms with Gasteiger partial charge >= 0.3 is 5.97 Å². The van der Waals surface area contributed by atoms with E-state index in [2.05, 4.69) is 25.5 Å². The van der Waals surface area contributed by atoms with Crippen LogP contribution >= 0.6 is 0 Å². The summed E-state index contributed by atoms with van der Waals surface area (Å²) in [7, 11) is -4.21. The summed E-state index contributed by atoms with van der Waals surface area (Å²) in [5, 5.41) is 8.96. The highest BCUT2D eigenvalue weighted by molar-refractivity contribution is 7.89. The molecule has 0 aromatic heterocycles. The molecule has 2 rings (SSSR count). The Kier molecular flexibility index (Phi) is 6.46. The first-order valence-corrected chi connectivity index (χ1v) is 10.2. The van der Waals surface area contributed by atoms with Gasteiger partial charge in [0.2, 0.25) is 10.0 Å². The zero-order chi connectivity index (χ0) is 21.1. The van der Waals surface area contributed by atoms with E-state index in [-0.39, 0.29) is 24.1 Å². The van der Waals surface area contributed by atoms with E-state index in [1.807, 2.05) is 25.1 Å². The molecule has 0 aliphatic rings. The highest BCUT2D eigenvalue weighted by Gasteiger charge is 2.22. The molecule has 0 saturated heterocycles. The van der Waals surface area contributed by atoms with Gasteiger partial charge in [-0.1, -0.05) is 38.5 Å². The minimum Gasteiger partial charge on any atom is -0.492 e. The van der Waals surface area contributed by atoms with Crippen LogP contribution in [0.5, 0.6) is 5.75 Å². The second kappa shape index (κ2) is 8.28. The van der Waals surface area contributed by atoms with Crippen LogP contribution in [0.3, 0.4) is 0 Å². The Labute approximate surface area is 164 Å². The van der Waals surface area contributed by atoms with Gasteiger partial charge in [-0.2, -0.15) is 0 Å². The van der Waals surface area contributed by atoms with Crippen LogP contribution in [0.25, 0.3) is 0 Å². The van der Waals surface area contributed by atoms with Gasteiger partial charge in [0.25, 0.3) is 0 Å². The van der Waals surface area contributed by atoms with Crippen molar-refractivity contribution in [2.75, 3.05) is 13.2 Å². The number of hydrogen-bond donors (Lipinski definition) is 2. The van der Waals surface area contributed by atoms with Gasteiger partial charge in [-0.15, -0.1) is 0 Å². The lowest BCUT2D eigenvalue weighted by atomic mass is 9.85. The van der Waals surface area contributed by atoms with Gasteiger partial charge in [-0.25, -0.2) is 22.3 Å². The second-order valence-corrected chi connectivity index (χ2v) is 9.18. The predicted octanol–water partition coefficient (Wildman–Crippen LogP) is 3.49. The molecule has 2 aromatic rings. The Hall–Kier alpha value is -2.45. The Bertz CT molecular complexity index is 981. The van der Waals surface area contributed by atoms with E-state index < -0.39 is 26.7 Å². The number of nitrogens with one attached hydrogen (secondary N) is 1. The Morgan fingerprint density at radius 1 is 1.18 bits per heavy atom. The van der Waals surface area contributed by atoms with Gasteiger partial charge in [-0.05, 0) is 42.2 Å². The Morgan fingerprint density at radius 3 is 2.46 bits per heavy atom. The van der Waals surface area contributed by atoms with E-state index >= 15 is 0 Å². The van der Waals surface area contributed by atoms with Gasteiger partial charge in [0, 0.05) is 6.54 Å². The van der Waals surface area contributed by atoms with Crippen LogP contribution in [0.4, 0.5) is 4.39 Å². The predicted molar refractivity (Wildman–Crippen MR) is 104 cm³/mol. The standard InChI is InChI=1S/C20H24FNO5S/c1-13-5-8-17(15(11-13)20(2,3)4)27-10-9-22-28(25,26)18-12-14(19(23)24)6-7-16(18)21/h5-8,11-12,22H,9-10H2,1-4H3,(H,23,24). The first kappa shape index (κ1) is 21.8. The third kappa shape index (κ3) is 5.30. The van der Waals surface area contributed by atoms with Gasteiger partial charge in [0.15, 0.2) is 0 Å². The summed E-state index contributed by atoms with van der Waals surface area (Å²) in [5.41, 5.74) is 1.62. The van der Waals surface area contributed by atoms with Crippen molar-refractivity contribution in [2.45, 2.75) is 38.0 Å². The van der Waals surface area contributed by atoms with E-state index in [4.69, 9.17) is 9.84 Å². The Balaban J connectivity index is 2.08. The van der Waals surface area contributed by atoms with Crippen molar-refractivity contribution in [3.05, 3.63) is 58.9 Å². The highest BCUT2D eigenvalue weighted by Crippen LogP contribution is 2.32. The average molecular weight is 409 g/mol. The number of carbonyl (C=O) groups is 1. The topological polar surface area (TPSA) is 92.7 Å². The van der Waals surface area contributed by atoms with Crippen LogP contribution in [0, 0.1) is 12.7 Å². The molecule has 0 bridgehead atoms. The molecule has 6 nitrogen and oxygen atoms in total. The van der Waals surface area contributed by atoms with Crippen molar-refractivity contribution in [1.82, 2.24) is 4.72 Å². The van der Waals surface area contributed by atoms with E-state index in [0.29, 0.717) is 5.75 Å². The minimum absolute atomic E-state index is 0.0333. The van der Waals surface area contributed by atoms with Gasteiger partial charge < -0.3 is 9.84 Å². The maximum Gasteiger partial charge on any atom is 0.335 e. The Morgan fingerprint density at radius 2 is 1.86 bits per heavy atom. The average Bonchev–Trinajstić information content (AvgIpc) is 2.58. The lowest BCUT2D eigenvalue weighted by molar-refractivity contribution is 0.0696. The molecule has 2 aromatic carbocycles. The van der Waals surface area contributed by atoms with Crippen LogP contribution in [0.2, 0.25) is 0 Å². The van der Waals surface area contributed by atoms with Gasteiger partial charge in [0.1, 0.15) is 23.1 Å². The van der Waals surface area contributed by atoms with Crippen molar-refractivity contribution < 1.29 is 27.4 Å². The number of sulfonamides is 1. The zero-order valence-electron chi connectivity index (χ0n) is 16.2. The minimum atomic E-state index is -4.21. The number of carboxylic acids is 1. The highest BCUT2D eigenvalue weighted by atomic mass is 32.2. The molecular weight excluding hydrogens is 385 g/mol. The number of carboxylic acid groups (broad SMARTS) is 1. The molecule has 0 unspecified atom stereocenters. The van der Waals surface area contributed by atoms with Crippen molar-refractivity contribution in [3.8, 4) is 5.75 Å². The number of halogens is 1. The first-order valence-electron chi connectivity index (χ1n) is 8.68. The number of hydrogen-bond acceptors (Lipinski definition) is 4. The molecule has 0 fully saturated rings. The maximum absolute atomic E-state index is 13.9. The molecule has 0 aliphatic heterocycles. The molecule has 0 saturated carbocycles. The molecule has 2 N–H and O–H groups in total. The summed E-state index contributed by atoms with van der Waals surface area (Å²) >= 11 is 0. The molecular formula is C20H24FNO5S. The lowest BCUT2D eigenvalue weighted by Crippen LogP contribution is -2.29. The first-order chi connectivity index (χ1) is 12.9. The number of rotatable bonds is 7. The normalized spacial score (nSPS) is 12.0. The van der Waals surface area contributed by atoms with E-state index in [1.54, 1.807) is 0 Å². The third-order valence-electron chi connectivity index (χ3n) is 4.06. The quantitative estimate of drug-likeness (QED) is 0.683. The molecule has 0 atom stereocenters. The van der Waals surface area contributed by atoms with Crippen molar-refractivity contribution in [1.29, 1.82) is 0 Å². The molecule has 152 valence electrons. The maximum atomic E-state index is 13.9. The molecule has 0 aliphatic carbocycles. The third-order valence-corrected chi connectivity index (χ3v) is 5.54. The molecule has 0 heterocycles. The van der Waals surface area contributed by atoms with E-state index in [0.717, 1.165) is 29.3 Å². The van der Waals surface area contributed by atoms with Crippen molar-refractivity contribution >= 4 is 16.0 Å². The van der Waals surface area contributed by atoms with Gasteiger partial charge in [-0.3, -0.25) is 0 Å². The summed E-state index contributed by atoms with van der Waals surface area (Å²) in [6.07, 6.45) is 0. The number of aryl methyl sites for hydroxylation is 1. The molecule has 0 radical (unpaired) electrons. The summed E-state index contributed by atoms with van der Waals surface area (Å²) in [5.74, 6) is -1.71. The second-order valence-electron chi connectivity index (χ2n) is 7.45. The molecule has 0 spiro atoms. The fraction of sp³-hybridized carbons (Fsp3) is 0.350. The lowest BCUT2D eigenvalue weighted by Gasteiger charge is -2.23. The fourth-order valence-corrected chi connectivity index (χ4v) is 3.73. The largest absolute Gasteiger partial charge is 0.492 e. The van der Waals surface area contributed by atoms with Crippen molar-refractivity contribution in [2.24, 2.45) is 0 Å². The number of benzene rings is 2. The van der Waals surface area contributed by atoms with E-state index in [1.165, 1.54) is 0 Å². The smallest absolute Gasteiger partial charge is 0.335 e. The fourth-order valence-electron chi connectivity index (χ4n) is 2.61. The number of aromatic carboxylic acids is 1. The SMILES string of the molecule is Cc1ccc(OCCNS(=O)(=O)c2cc(C(=O)O)ccc2F)c(C(C)(C)C)c1. The zero-order valence-corrected chi connectivity index (χ0v) is 17.1. The molecule has 28 heavy (non-hydrogen) atoms. The monoisotopic (exact) mass is 409 g/mol. The summed E-state index contributed by atoms with van der Waals surface area (Å²) < 4.78 is 46.5. The van der Waals surface area contributed by atoms with E-state index in [9.17, 15) is 17.6 Å². The van der Waals surface area contributed by atoms with Gasteiger partial charge in [0.05, 0.1) is 5.56 Å². The number of ether oxygens (including phenoxy) is 1. The van der Waals surface area contributed by atoms with Crippen molar-refractivity contribution in [3.63, 3.8) is 0 Å². The molecule has 0 amide bonds. The van der Waals surface area contributed by atoms with Crippen LogP contribution < -0.4 is 9.46 Å². The van der Waals surface area contributed by atoms with Crippen LogP contribution in [0.15, 0.2) is 41.3 Å². The summed E-state index contributed by atoms with van der Waals surface area (Å²) in [4.78, 5) is 10.3. The summed E-state index contributed by atoms with van der Waals surface area (Å²) in [6.45, 7) is 8.07. The van der Waals surface area contributed by atoms with Crippen LogP contribution in [-0.2, 0) is 15.4 Å². The van der Waals surface area contributed by atoms with Crippen LogP contribution in [-0.4, -0.2) is 32.6 Å². The van der Waals surface area contributed by atoms with Crippen LogP contribution in [0.1, 0.15) is 42.3 Å².